The molecule has 0 aliphatic rings. The van der Waals surface area contributed by atoms with Crippen LogP contribution in [0.25, 0.3) is 11.1 Å². The number of nitrogens with zero attached hydrogens (tertiary/aromatic N) is 3. The van der Waals surface area contributed by atoms with Crippen molar-refractivity contribution in [3.05, 3.63) is 76.9 Å². The van der Waals surface area contributed by atoms with Crippen molar-refractivity contribution in [1.29, 1.82) is 5.26 Å². The van der Waals surface area contributed by atoms with E-state index >= 15 is 0 Å². The minimum Gasteiger partial charge on any atom is -0.456 e. The Balaban J connectivity index is 2.09. The van der Waals surface area contributed by atoms with Crippen LogP contribution in [0.4, 0.5) is 0 Å². The number of imidazole rings is 1. The van der Waals surface area contributed by atoms with Crippen LogP contribution in [-0.4, -0.2) is 26.9 Å². The Labute approximate surface area is 213 Å². The first-order valence-electron chi connectivity index (χ1n) is 12.6. The normalized spacial score (nSPS) is 11.2. The number of hydrogen-bond acceptors (Lipinski definition) is 5. The highest BCUT2D eigenvalue weighted by Crippen LogP contribution is 2.28. The van der Waals surface area contributed by atoms with Crippen molar-refractivity contribution in [3.63, 3.8) is 0 Å². The molecule has 0 spiro atoms. The number of carbonyl (C=O) groups excluding carboxylic acids is 2. The molecule has 0 N–H and O–H groups in total. The van der Waals surface area contributed by atoms with E-state index in [9.17, 15) is 14.9 Å². The van der Waals surface area contributed by atoms with Gasteiger partial charge in [-0.15, -0.1) is 0 Å². The molecule has 6 heteroatoms. The van der Waals surface area contributed by atoms with Gasteiger partial charge in [0.25, 0.3) is 0 Å². The Kier molecular flexibility index (Phi) is 8.82. The topological polar surface area (TPSA) is 85.0 Å². The molecular weight excluding hydrogens is 450 g/mol. The van der Waals surface area contributed by atoms with Gasteiger partial charge in [-0.3, -0.25) is 4.79 Å². The minimum atomic E-state index is -0.638. The Morgan fingerprint density at radius 1 is 1.06 bits per heavy atom. The first-order chi connectivity index (χ1) is 17.2. The van der Waals surface area contributed by atoms with Crippen LogP contribution in [0.3, 0.4) is 0 Å². The molecule has 0 aliphatic carbocycles. The zero-order valence-electron chi connectivity index (χ0n) is 21.9. The molecule has 2 aromatic carbocycles. The number of ether oxygens (including phenoxy) is 1. The third-order valence-electron chi connectivity index (χ3n) is 5.78. The average Bonchev–Trinajstić information content (AvgIpc) is 3.19. The second-order valence-corrected chi connectivity index (χ2v) is 9.95. The largest absolute Gasteiger partial charge is 0.456 e. The summed E-state index contributed by atoms with van der Waals surface area (Å²) in [6, 6.07) is 17.6. The first-order valence-corrected chi connectivity index (χ1v) is 12.6. The highest BCUT2D eigenvalue weighted by Gasteiger charge is 2.24. The van der Waals surface area contributed by atoms with Crippen LogP contribution >= 0.6 is 0 Å². The molecule has 0 aliphatic heterocycles. The fourth-order valence-corrected chi connectivity index (χ4v) is 4.09. The van der Waals surface area contributed by atoms with Crippen LogP contribution in [0.15, 0.2) is 48.5 Å². The number of unbranched alkanes of at least 4 members (excludes halogenated alkanes) is 1. The van der Waals surface area contributed by atoms with E-state index in [4.69, 9.17) is 4.74 Å². The Bertz CT molecular complexity index is 1260. The summed E-state index contributed by atoms with van der Waals surface area (Å²) < 4.78 is 7.55. The number of nitriles is 1. The van der Waals surface area contributed by atoms with E-state index in [1.807, 2.05) is 80.8 Å². The van der Waals surface area contributed by atoms with Gasteiger partial charge in [0.15, 0.2) is 11.5 Å². The number of hydrogen-bond donors (Lipinski definition) is 0. The predicted octanol–water partition coefficient (Wildman–Crippen LogP) is 6.75. The highest BCUT2D eigenvalue weighted by atomic mass is 16.6. The predicted molar refractivity (Wildman–Crippen MR) is 141 cm³/mol. The second kappa shape index (κ2) is 11.8. The molecule has 3 rings (SSSR count). The molecule has 1 aromatic heterocycles. The third-order valence-corrected chi connectivity index (χ3v) is 5.78. The van der Waals surface area contributed by atoms with Gasteiger partial charge < -0.3 is 9.30 Å². The van der Waals surface area contributed by atoms with Crippen molar-refractivity contribution in [2.45, 2.75) is 78.9 Å². The zero-order valence-corrected chi connectivity index (χ0v) is 21.9. The van der Waals surface area contributed by atoms with Gasteiger partial charge >= 0.3 is 5.97 Å². The maximum absolute atomic E-state index is 13.2. The lowest BCUT2D eigenvalue weighted by Gasteiger charge is -2.21. The van der Waals surface area contributed by atoms with Gasteiger partial charge in [-0.1, -0.05) is 62.7 Å². The lowest BCUT2D eigenvalue weighted by Crippen LogP contribution is -2.24. The standard InChI is InChI=1S/C30H35N3O3/c1-6-8-15-27-32-28(26(34)12-7-2)25(19-31)33(27)20-21-16-17-23(22-13-10-9-11-14-22)24(18-21)29(35)36-30(3,4)5/h9-11,13-14,16-18H,6-8,12,15,20H2,1-5H3. The molecular formula is C30H35N3O3. The number of aryl methyl sites for hydroxylation is 1. The molecule has 3 aromatic rings. The second-order valence-electron chi connectivity index (χ2n) is 9.95. The van der Waals surface area contributed by atoms with Crippen molar-refractivity contribution >= 4 is 11.8 Å². The van der Waals surface area contributed by atoms with E-state index in [2.05, 4.69) is 18.0 Å². The van der Waals surface area contributed by atoms with Gasteiger partial charge in [-0.25, -0.2) is 9.78 Å². The lowest BCUT2D eigenvalue weighted by molar-refractivity contribution is 0.00702. The summed E-state index contributed by atoms with van der Waals surface area (Å²) in [5, 5.41) is 9.96. The fraction of sp³-hybridized carbons (Fsp3) is 0.400. The fourth-order valence-electron chi connectivity index (χ4n) is 4.09. The summed E-state index contributed by atoms with van der Waals surface area (Å²) in [4.78, 5) is 30.5. The maximum atomic E-state index is 13.2. The van der Waals surface area contributed by atoms with Gasteiger partial charge in [-0.2, -0.15) is 5.26 Å². The molecule has 0 unspecified atom stereocenters. The van der Waals surface area contributed by atoms with Gasteiger partial charge in [0.1, 0.15) is 23.2 Å². The smallest absolute Gasteiger partial charge is 0.339 e. The summed E-state index contributed by atoms with van der Waals surface area (Å²) >= 11 is 0. The van der Waals surface area contributed by atoms with Crippen molar-refractivity contribution in [2.75, 3.05) is 0 Å². The summed E-state index contributed by atoms with van der Waals surface area (Å²) in [5.74, 6) is 0.206. The maximum Gasteiger partial charge on any atom is 0.339 e. The van der Waals surface area contributed by atoms with E-state index in [-0.39, 0.29) is 17.2 Å². The summed E-state index contributed by atoms with van der Waals surface area (Å²) in [6.07, 6.45) is 3.60. The van der Waals surface area contributed by atoms with Gasteiger partial charge in [0, 0.05) is 12.8 Å². The Morgan fingerprint density at radius 3 is 2.39 bits per heavy atom. The first kappa shape index (κ1) is 26.9. The van der Waals surface area contributed by atoms with E-state index < -0.39 is 11.6 Å². The molecule has 0 saturated carbocycles. The van der Waals surface area contributed by atoms with Crippen molar-refractivity contribution in [2.24, 2.45) is 0 Å². The van der Waals surface area contributed by atoms with Crippen LogP contribution in [0, 0.1) is 11.3 Å². The van der Waals surface area contributed by atoms with Gasteiger partial charge in [0.2, 0.25) is 0 Å². The Morgan fingerprint density at radius 2 is 1.78 bits per heavy atom. The minimum absolute atomic E-state index is 0.112. The monoisotopic (exact) mass is 485 g/mol. The number of Topliss-reactive ketones (excluding diaryl/α,β-unsaturated/α-hetero) is 1. The van der Waals surface area contributed by atoms with E-state index in [0.717, 1.165) is 35.4 Å². The van der Waals surface area contributed by atoms with Crippen LogP contribution < -0.4 is 0 Å². The molecule has 0 radical (unpaired) electrons. The number of benzene rings is 2. The summed E-state index contributed by atoms with van der Waals surface area (Å²) in [6.45, 7) is 9.89. The van der Waals surface area contributed by atoms with Crippen molar-refractivity contribution < 1.29 is 14.3 Å². The number of esters is 1. The lowest BCUT2D eigenvalue weighted by atomic mass is 9.97. The summed E-state index contributed by atoms with van der Waals surface area (Å²) in [7, 11) is 0. The van der Waals surface area contributed by atoms with E-state index in [1.165, 1.54) is 0 Å². The van der Waals surface area contributed by atoms with Crippen molar-refractivity contribution in [3.8, 4) is 17.2 Å². The SMILES string of the molecule is CCCCc1nc(C(=O)CCC)c(C#N)n1Cc1ccc(-c2ccccc2)c(C(=O)OC(C)(C)C)c1. The molecule has 0 saturated heterocycles. The highest BCUT2D eigenvalue weighted by molar-refractivity contribution is 5.98. The van der Waals surface area contributed by atoms with E-state index in [0.29, 0.717) is 31.4 Å². The molecule has 188 valence electrons. The van der Waals surface area contributed by atoms with Crippen LogP contribution in [0.5, 0.6) is 0 Å². The number of carbonyl (C=O) groups is 2. The van der Waals surface area contributed by atoms with Gasteiger partial charge in [-0.05, 0) is 56.4 Å². The summed E-state index contributed by atoms with van der Waals surface area (Å²) in [5.41, 5.74) is 2.89. The number of ketones is 1. The zero-order chi connectivity index (χ0) is 26.3. The Hall–Kier alpha value is -3.72. The average molecular weight is 486 g/mol. The van der Waals surface area contributed by atoms with E-state index in [1.54, 1.807) is 0 Å². The van der Waals surface area contributed by atoms with Crippen LogP contribution in [0.2, 0.25) is 0 Å². The van der Waals surface area contributed by atoms with Crippen LogP contribution in [0.1, 0.15) is 98.2 Å². The molecule has 0 amide bonds. The molecule has 0 fully saturated rings. The number of rotatable bonds is 10. The van der Waals surface area contributed by atoms with Crippen molar-refractivity contribution in [1.82, 2.24) is 9.55 Å². The third kappa shape index (κ3) is 6.48. The molecule has 1 heterocycles. The van der Waals surface area contributed by atoms with Gasteiger partial charge in [0.05, 0.1) is 12.1 Å². The molecule has 0 bridgehead atoms. The van der Waals surface area contributed by atoms with Crippen LogP contribution in [-0.2, 0) is 17.7 Å². The molecule has 0 atom stereocenters. The quantitative estimate of drug-likeness (QED) is 0.234. The molecule has 6 nitrogen and oxygen atoms in total. The number of aromatic nitrogens is 2. The molecule has 36 heavy (non-hydrogen) atoms.